The van der Waals surface area contributed by atoms with Crippen LogP contribution in [0.25, 0.3) is 0 Å². The molecule has 2 rings (SSSR count). The van der Waals surface area contributed by atoms with Gasteiger partial charge in [-0.15, -0.1) is 0 Å². The summed E-state index contributed by atoms with van der Waals surface area (Å²) in [6.07, 6.45) is 1.63. The van der Waals surface area contributed by atoms with E-state index < -0.39 is 5.97 Å². The Hall–Kier alpha value is -1.88. The van der Waals surface area contributed by atoms with Crippen molar-refractivity contribution in [3.05, 3.63) is 29.8 Å². The number of nitrogens with zero attached hydrogens (tertiary/aromatic N) is 1. The van der Waals surface area contributed by atoms with Crippen molar-refractivity contribution in [1.29, 1.82) is 0 Å². The highest BCUT2D eigenvalue weighted by Crippen LogP contribution is 2.21. The monoisotopic (exact) mass is 262 g/mol. The summed E-state index contributed by atoms with van der Waals surface area (Å²) in [5.74, 6) is -0.864. The maximum absolute atomic E-state index is 11.1. The zero-order chi connectivity index (χ0) is 13.8. The van der Waals surface area contributed by atoms with Crippen LogP contribution in [-0.2, 0) is 16.1 Å². The molecule has 1 aliphatic heterocycles. The van der Waals surface area contributed by atoms with Crippen molar-refractivity contribution in [2.45, 2.75) is 32.4 Å². The molecule has 0 aromatic heterocycles. The summed E-state index contributed by atoms with van der Waals surface area (Å²) in [7, 11) is 0. The zero-order valence-corrected chi connectivity index (χ0v) is 10.9. The molecule has 1 aliphatic rings. The number of carboxylic acids is 1. The molecule has 2 N–H and O–H groups in total. The van der Waals surface area contributed by atoms with Crippen LogP contribution in [0.4, 0.5) is 5.69 Å². The van der Waals surface area contributed by atoms with E-state index >= 15 is 0 Å². The summed E-state index contributed by atoms with van der Waals surface area (Å²) in [6.45, 7) is 2.87. The van der Waals surface area contributed by atoms with Crippen LogP contribution < -0.4 is 5.32 Å². The highest BCUT2D eigenvalue weighted by atomic mass is 16.4. The normalized spacial score (nSPS) is 19.3. The summed E-state index contributed by atoms with van der Waals surface area (Å²) >= 11 is 0. The number of nitrogens with one attached hydrogen (secondary N) is 1. The lowest BCUT2D eigenvalue weighted by Gasteiger charge is -2.21. The van der Waals surface area contributed by atoms with Gasteiger partial charge in [0.15, 0.2) is 0 Å². The van der Waals surface area contributed by atoms with Crippen molar-refractivity contribution in [2.24, 2.45) is 0 Å². The Bertz CT molecular complexity index is 487. The molecule has 1 atom stereocenters. The van der Waals surface area contributed by atoms with Gasteiger partial charge >= 0.3 is 5.97 Å². The van der Waals surface area contributed by atoms with Gasteiger partial charge in [-0.05, 0) is 37.1 Å². The largest absolute Gasteiger partial charge is 0.480 e. The lowest BCUT2D eigenvalue weighted by molar-refractivity contribution is -0.142. The number of hydrogen-bond donors (Lipinski definition) is 2. The maximum atomic E-state index is 11.1. The van der Waals surface area contributed by atoms with E-state index in [-0.39, 0.29) is 11.9 Å². The van der Waals surface area contributed by atoms with Crippen molar-refractivity contribution >= 4 is 17.6 Å². The van der Waals surface area contributed by atoms with Gasteiger partial charge < -0.3 is 10.4 Å². The third-order valence-electron chi connectivity index (χ3n) is 3.28. The zero-order valence-electron chi connectivity index (χ0n) is 10.9. The first-order valence-electron chi connectivity index (χ1n) is 6.39. The standard InChI is InChI=1S/C14H18N2O3/c1-10(17)15-12-5-2-4-11(8-12)9-16-7-3-6-13(16)14(18)19/h2,4-5,8,13H,3,6-7,9H2,1H3,(H,15,17)(H,18,19)/t13-/m0/s1. The van der Waals surface area contributed by atoms with Gasteiger partial charge in [0, 0.05) is 19.2 Å². The first-order valence-corrected chi connectivity index (χ1v) is 6.39. The number of anilines is 1. The Morgan fingerprint density at radius 2 is 2.26 bits per heavy atom. The molecule has 1 heterocycles. The minimum Gasteiger partial charge on any atom is -0.480 e. The van der Waals surface area contributed by atoms with E-state index in [1.807, 2.05) is 29.2 Å². The molecule has 19 heavy (non-hydrogen) atoms. The fraction of sp³-hybridized carbons (Fsp3) is 0.429. The highest BCUT2D eigenvalue weighted by molar-refractivity contribution is 5.88. The number of hydrogen-bond acceptors (Lipinski definition) is 3. The number of rotatable bonds is 4. The number of carbonyl (C=O) groups is 2. The number of benzene rings is 1. The van der Waals surface area contributed by atoms with Gasteiger partial charge in [-0.25, -0.2) is 0 Å². The van der Waals surface area contributed by atoms with E-state index in [0.717, 1.165) is 24.2 Å². The molecule has 0 saturated carbocycles. The highest BCUT2D eigenvalue weighted by Gasteiger charge is 2.30. The van der Waals surface area contributed by atoms with E-state index in [1.54, 1.807) is 0 Å². The summed E-state index contributed by atoms with van der Waals surface area (Å²) in [5.41, 5.74) is 1.76. The second kappa shape index (κ2) is 5.84. The minimum absolute atomic E-state index is 0.110. The lowest BCUT2D eigenvalue weighted by Crippen LogP contribution is -2.35. The van der Waals surface area contributed by atoms with E-state index in [0.29, 0.717) is 13.0 Å². The Kier molecular flexibility index (Phi) is 4.16. The molecule has 1 aromatic carbocycles. The van der Waals surface area contributed by atoms with Crippen LogP contribution in [0.15, 0.2) is 24.3 Å². The third kappa shape index (κ3) is 3.54. The number of carboxylic acid groups (broad SMARTS) is 1. The number of likely N-dealkylation sites (tertiary alicyclic amines) is 1. The Morgan fingerprint density at radius 3 is 2.95 bits per heavy atom. The second-order valence-electron chi connectivity index (χ2n) is 4.85. The van der Waals surface area contributed by atoms with Crippen molar-refractivity contribution in [2.75, 3.05) is 11.9 Å². The van der Waals surface area contributed by atoms with Gasteiger partial charge in [-0.3, -0.25) is 14.5 Å². The maximum Gasteiger partial charge on any atom is 0.320 e. The summed E-state index contributed by atoms with van der Waals surface area (Å²) in [6, 6.07) is 7.14. The molecule has 1 saturated heterocycles. The van der Waals surface area contributed by atoms with Gasteiger partial charge in [0.1, 0.15) is 6.04 Å². The molecule has 102 valence electrons. The SMILES string of the molecule is CC(=O)Nc1cccc(CN2CCC[C@H]2C(=O)O)c1. The van der Waals surface area contributed by atoms with Gasteiger partial charge in [-0.1, -0.05) is 12.1 Å². The third-order valence-corrected chi connectivity index (χ3v) is 3.28. The Labute approximate surface area is 112 Å². The number of aliphatic carboxylic acids is 1. The topological polar surface area (TPSA) is 69.6 Å². The molecule has 1 fully saturated rings. The molecular formula is C14H18N2O3. The van der Waals surface area contributed by atoms with E-state index in [9.17, 15) is 9.59 Å². The molecule has 5 heteroatoms. The molecule has 0 unspecified atom stereocenters. The quantitative estimate of drug-likeness (QED) is 0.866. The predicted octanol–water partition coefficient (Wildman–Crippen LogP) is 1.69. The van der Waals surface area contributed by atoms with Crippen molar-refractivity contribution in [3.8, 4) is 0 Å². The van der Waals surface area contributed by atoms with E-state index in [1.165, 1.54) is 6.92 Å². The van der Waals surface area contributed by atoms with E-state index in [4.69, 9.17) is 5.11 Å². The fourth-order valence-electron chi connectivity index (χ4n) is 2.48. The molecule has 5 nitrogen and oxygen atoms in total. The van der Waals surface area contributed by atoms with Crippen molar-refractivity contribution < 1.29 is 14.7 Å². The van der Waals surface area contributed by atoms with E-state index in [2.05, 4.69) is 5.32 Å². The molecule has 0 radical (unpaired) electrons. The van der Waals surface area contributed by atoms with Crippen LogP contribution in [-0.4, -0.2) is 34.5 Å². The predicted molar refractivity (Wildman–Crippen MR) is 71.8 cm³/mol. The van der Waals surface area contributed by atoms with Gasteiger partial charge in [0.25, 0.3) is 0 Å². The molecular weight excluding hydrogens is 244 g/mol. The van der Waals surface area contributed by atoms with Crippen LogP contribution in [0.3, 0.4) is 0 Å². The molecule has 1 amide bonds. The van der Waals surface area contributed by atoms with Crippen molar-refractivity contribution in [1.82, 2.24) is 4.90 Å². The van der Waals surface area contributed by atoms with Crippen molar-refractivity contribution in [3.63, 3.8) is 0 Å². The van der Waals surface area contributed by atoms with Crippen LogP contribution >= 0.6 is 0 Å². The smallest absolute Gasteiger partial charge is 0.320 e. The second-order valence-corrected chi connectivity index (χ2v) is 4.85. The number of carbonyl (C=O) groups excluding carboxylic acids is 1. The van der Waals surface area contributed by atoms with Crippen LogP contribution in [0.2, 0.25) is 0 Å². The average molecular weight is 262 g/mol. The fourth-order valence-corrected chi connectivity index (χ4v) is 2.48. The average Bonchev–Trinajstić information content (AvgIpc) is 2.76. The Morgan fingerprint density at radius 1 is 1.47 bits per heavy atom. The summed E-state index contributed by atoms with van der Waals surface area (Å²) in [5, 5.41) is 11.9. The minimum atomic E-state index is -0.754. The Balaban J connectivity index is 2.06. The molecule has 0 spiro atoms. The number of amides is 1. The summed E-state index contributed by atoms with van der Waals surface area (Å²) < 4.78 is 0. The summed E-state index contributed by atoms with van der Waals surface area (Å²) in [4.78, 5) is 24.1. The first kappa shape index (κ1) is 13.5. The molecule has 0 bridgehead atoms. The van der Waals surface area contributed by atoms with Crippen LogP contribution in [0, 0.1) is 0 Å². The van der Waals surface area contributed by atoms with Gasteiger partial charge in [0.05, 0.1) is 0 Å². The van der Waals surface area contributed by atoms with Crippen LogP contribution in [0.1, 0.15) is 25.3 Å². The van der Waals surface area contributed by atoms with Gasteiger partial charge in [-0.2, -0.15) is 0 Å². The first-order chi connectivity index (χ1) is 9.06. The lowest BCUT2D eigenvalue weighted by atomic mass is 10.1. The molecule has 0 aliphatic carbocycles. The van der Waals surface area contributed by atoms with Crippen LogP contribution in [0.5, 0.6) is 0 Å². The molecule has 1 aromatic rings. The van der Waals surface area contributed by atoms with Gasteiger partial charge in [0.2, 0.25) is 5.91 Å².